The maximum Gasteiger partial charge on any atom is 0.227 e. The van der Waals surface area contributed by atoms with Crippen molar-refractivity contribution < 1.29 is 13.2 Å². The van der Waals surface area contributed by atoms with Crippen molar-refractivity contribution in [1.82, 2.24) is 23.8 Å². The second-order valence-electron chi connectivity index (χ2n) is 6.83. The summed E-state index contributed by atoms with van der Waals surface area (Å²) in [7, 11) is 0.209. The molecule has 0 atom stereocenters. The minimum absolute atomic E-state index is 0.0211. The van der Waals surface area contributed by atoms with E-state index in [0.29, 0.717) is 26.2 Å². The molecule has 3 heterocycles. The van der Waals surface area contributed by atoms with Gasteiger partial charge in [-0.15, -0.1) is 0 Å². The molecule has 9 heteroatoms. The summed E-state index contributed by atoms with van der Waals surface area (Å²) < 4.78 is 33.8. The zero-order valence-corrected chi connectivity index (χ0v) is 17.6. The van der Waals surface area contributed by atoms with E-state index in [2.05, 4.69) is 19.3 Å². The van der Waals surface area contributed by atoms with E-state index in [1.165, 1.54) is 0 Å². The first kappa shape index (κ1) is 20.5. The predicted octanol–water partition coefficient (Wildman–Crippen LogP) is 1.91. The van der Waals surface area contributed by atoms with Gasteiger partial charge in [0.05, 0.1) is 35.6 Å². The first-order valence-electron chi connectivity index (χ1n) is 9.24. The number of nitrogens with zero attached hydrogens (tertiary/aromatic N) is 5. The summed E-state index contributed by atoms with van der Waals surface area (Å²) in [6, 6.07) is 5.94. The van der Waals surface area contributed by atoms with Gasteiger partial charge in [-0.25, -0.2) is 18.4 Å². The lowest BCUT2D eigenvalue weighted by Gasteiger charge is -2.19. The van der Waals surface area contributed by atoms with Crippen molar-refractivity contribution in [2.45, 2.75) is 38.6 Å². The van der Waals surface area contributed by atoms with Gasteiger partial charge in [0.15, 0.2) is 0 Å². The van der Waals surface area contributed by atoms with Crippen LogP contribution in [0.25, 0.3) is 5.65 Å². The number of fused-ring (bicyclic) bond motifs is 1. The average molecular weight is 406 g/mol. The Labute approximate surface area is 165 Å². The van der Waals surface area contributed by atoms with Crippen molar-refractivity contribution >= 4 is 15.5 Å². The van der Waals surface area contributed by atoms with Gasteiger partial charge in [0, 0.05) is 32.9 Å². The predicted molar refractivity (Wildman–Crippen MR) is 107 cm³/mol. The highest BCUT2D eigenvalue weighted by molar-refractivity contribution is 7.91. The summed E-state index contributed by atoms with van der Waals surface area (Å²) in [5.74, 6) is 0.0211. The van der Waals surface area contributed by atoms with Gasteiger partial charge in [-0.1, -0.05) is 13.0 Å². The summed E-state index contributed by atoms with van der Waals surface area (Å²) in [5.41, 5.74) is 3.87. The molecular formula is C19H27N5O3S. The van der Waals surface area contributed by atoms with Gasteiger partial charge >= 0.3 is 0 Å². The third-order valence-electron chi connectivity index (χ3n) is 4.76. The molecule has 0 aliphatic rings. The molecule has 0 fully saturated rings. The van der Waals surface area contributed by atoms with Crippen LogP contribution in [0.5, 0.6) is 0 Å². The highest BCUT2D eigenvalue weighted by Gasteiger charge is 2.22. The average Bonchev–Trinajstić information content (AvgIpc) is 3.21. The summed E-state index contributed by atoms with van der Waals surface area (Å²) in [5, 5.41) is 0.112. The largest absolute Gasteiger partial charge is 0.383 e. The molecule has 0 bridgehead atoms. The van der Waals surface area contributed by atoms with Crippen LogP contribution in [0.15, 0.2) is 35.7 Å². The third-order valence-corrected chi connectivity index (χ3v) is 6.40. The van der Waals surface area contributed by atoms with Gasteiger partial charge in [0.2, 0.25) is 15.0 Å². The fraction of sp³-hybridized carbons (Fsp3) is 0.474. The Morgan fingerprint density at radius 3 is 2.75 bits per heavy atom. The molecular weight excluding hydrogens is 378 g/mol. The topological polar surface area (TPSA) is 81.7 Å². The lowest BCUT2D eigenvalue weighted by molar-refractivity contribution is 0.182. The second-order valence-corrected chi connectivity index (χ2v) is 9.00. The molecule has 0 aromatic carbocycles. The number of aryl methyl sites for hydroxylation is 1. The van der Waals surface area contributed by atoms with Gasteiger partial charge in [-0.05, 0) is 26.1 Å². The van der Waals surface area contributed by atoms with E-state index in [0.717, 1.165) is 22.7 Å². The molecule has 0 N–H and O–H groups in total. The number of imidazole rings is 2. The Morgan fingerprint density at radius 1 is 1.25 bits per heavy atom. The van der Waals surface area contributed by atoms with Crippen LogP contribution in [-0.2, 0) is 34.2 Å². The number of rotatable bonds is 9. The van der Waals surface area contributed by atoms with Crippen LogP contribution in [0.2, 0.25) is 0 Å². The normalized spacial score (nSPS) is 12.3. The number of aromatic nitrogens is 4. The lowest BCUT2D eigenvalue weighted by Crippen LogP contribution is -2.23. The SMILES string of the molecule is CCS(=O)(=O)c1ncc(CN(C)Cc2c(C)nc3ccccn23)n1CCOC. The first-order valence-corrected chi connectivity index (χ1v) is 10.9. The molecule has 3 aromatic rings. The summed E-state index contributed by atoms with van der Waals surface area (Å²) in [6.07, 6.45) is 3.66. The highest BCUT2D eigenvalue weighted by atomic mass is 32.2. The number of pyridine rings is 1. The van der Waals surface area contributed by atoms with Gasteiger partial charge in [0.25, 0.3) is 0 Å². The van der Waals surface area contributed by atoms with Crippen LogP contribution in [0.3, 0.4) is 0 Å². The quantitative estimate of drug-likeness (QED) is 0.541. The Morgan fingerprint density at radius 2 is 2.04 bits per heavy atom. The van der Waals surface area contributed by atoms with Gasteiger partial charge in [-0.2, -0.15) is 0 Å². The molecule has 0 saturated carbocycles. The van der Waals surface area contributed by atoms with E-state index < -0.39 is 9.84 Å². The lowest BCUT2D eigenvalue weighted by atomic mass is 10.3. The maximum absolute atomic E-state index is 12.4. The van der Waals surface area contributed by atoms with Crippen molar-refractivity contribution in [3.63, 3.8) is 0 Å². The smallest absolute Gasteiger partial charge is 0.227 e. The number of hydrogen-bond acceptors (Lipinski definition) is 6. The molecule has 0 aliphatic heterocycles. The van der Waals surface area contributed by atoms with E-state index in [1.807, 2.05) is 38.4 Å². The Bertz CT molecular complexity index is 1050. The van der Waals surface area contributed by atoms with Crippen molar-refractivity contribution in [2.24, 2.45) is 0 Å². The molecule has 0 saturated heterocycles. The van der Waals surface area contributed by atoms with Crippen LogP contribution in [0.4, 0.5) is 0 Å². The fourth-order valence-corrected chi connectivity index (χ4v) is 4.28. The van der Waals surface area contributed by atoms with Crippen molar-refractivity contribution in [1.29, 1.82) is 0 Å². The summed E-state index contributed by atoms with van der Waals surface area (Å²) in [6.45, 7) is 5.75. The van der Waals surface area contributed by atoms with E-state index in [1.54, 1.807) is 24.8 Å². The van der Waals surface area contributed by atoms with Crippen LogP contribution in [0, 0.1) is 6.92 Å². The summed E-state index contributed by atoms with van der Waals surface area (Å²) >= 11 is 0. The van der Waals surface area contributed by atoms with E-state index >= 15 is 0 Å². The Balaban J connectivity index is 1.85. The van der Waals surface area contributed by atoms with Crippen molar-refractivity contribution in [3.05, 3.63) is 47.7 Å². The van der Waals surface area contributed by atoms with Crippen molar-refractivity contribution in [2.75, 3.05) is 26.5 Å². The molecule has 0 spiro atoms. The Kier molecular flexibility index (Phi) is 6.17. The minimum atomic E-state index is -3.40. The van der Waals surface area contributed by atoms with Crippen LogP contribution in [0.1, 0.15) is 24.0 Å². The second kappa shape index (κ2) is 8.42. The molecule has 3 rings (SSSR count). The van der Waals surface area contributed by atoms with E-state index in [-0.39, 0.29) is 10.9 Å². The zero-order valence-electron chi connectivity index (χ0n) is 16.8. The zero-order chi connectivity index (χ0) is 20.3. The Hall–Kier alpha value is -2.23. The monoisotopic (exact) mass is 405 g/mol. The van der Waals surface area contributed by atoms with Crippen molar-refractivity contribution in [3.8, 4) is 0 Å². The third kappa shape index (κ3) is 4.11. The number of sulfone groups is 1. The van der Waals surface area contributed by atoms with Crippen LogP contribution >= 0.6 is 0 Å². The van der Waals surface area contributed by atoms with Gasteiger partial charge in [0.1, 0.15) is 5.65 Å². The van der Waals surface area contributed by atoms with E-state index in [4.69, 9.17) is 4.74 Å². The summed E-state index contributed by atoms with van der Waals surface area (Å²) in [4.78, 5) is 10.9. The standard InChI is InChI=1S/C19H27N5O3S/c1-5-28(25,26)19-20-12-16(23(19)10-11-27-4)13-22(3)14-17-15(2)21-18-8-6-7-9-24(17)18/h6-9,12H,5,10-11,13-14H2,1-4H3. The first-order chi connectivity index (χ1) is 13.4. The molecule has 0 radical (unpaired) electrons. The highest BCUT2D eigenvalue weighted by Crippen LogP contribution is 2.18. The molecule has 8 nitrogen and oxygen atoms in total. The molecule has 3 aromatic heterocycles. The number of ether oxygens (including phenoxy) is 1. The molecule has 28 heavy (non-hydrogen) atoms. The van der Waals surface area contributed by atoms with E-state index in [9.17, 15) is 8.42 Å². The van der Waals surface area contributed by atoms with Crippen LogP contribution < -0.4 is 0 Å². The molecule has 0 unspecified atom stereocenters. The van der Waals surface area contributed by atoms with Crippen LogP contribution in [-0.4, -0.2) is 58.8 Å². The molecule has 0 aliphatic carbocycles. The minimum Gasteiger partial charge on any atom is -0.383 e. The van der Waals surface area contributed by atoms with Gasteiger partial charge < -0.3 is 13.7 Å². The number of methoxy groups -OCH3 is 1. The van der Waals surface area contributed by atoms with Gasteiger partial charge in [-0.3, -0.25) is 4.90 Å². The fourth-order valence-electron chi connectivity index (χ4n) is 3.26. The maximum atomic E-state index is 12.4. The molecule has 152 valence electrons. The molecule has 0 amide bonds. The number of hydrogen-bond donors (Lipinski definition) is 0.